The lowest BCUT2D eigenvalue weighted by atomic mass is 10.2. The van der Waals surface area contributed by atoms with Gasteiger partial charge in [0.1, 0.15) is 5.76 Å². The fourth-order valence-electron chi connectivity index (χ4n) is 1.46. The molecule has 98 valence electrons. The van der Waals surface area contributed by atoms with Crippen molar-refractivity contribution < 1.29 is 9.21 Å². The van der Waals surface area contributed by atoms with Gasteiger partial charge in [0.25, 0.3) is 5.91 Å². The molecule has 0 aliphatic heterocycles. The van der Waals surface area contributed by atoms with E-state index in [-0.39, 0.29) is 10.9 Å². The molecule has 3 N–H and O–H groups in total. The normalized spacial score (nSPS) is 10.2. The number of hydrogen-bond acceptors (Lipinski definition) is 3. The minimum Gasteiger partial charge on any atom is -0.451 e. The summed E-state index contributed by atoms with van der Waals surface area (Å²) >= 11 is 16.5. The van der Waals surface area contributed by atoms with Crippen molar-refractivity contribution in [2.75, 3.05) is 0 Å². The number of carbonyl (C=O) groups is 1. The molecule has 1 aromatic carbocycles. The molecular formula is C12H8Cl2N2O2S. The second kappa shape index (κ2) is 5.61. The predicted octanol–water partition coefficient (Wildman–Crippen LogP) is 3.23. The van der Waals surface area contributed by atoms with E-state index >= 15 is 0 Å². The third-order valence-corrected chi connectivity index (χ3v) is 2.93. The molecular weight excluding hydrogens is 307 g/mol. The molecule has 1 aromatic heterocycles. The summed E-state index contributed by atoms with van der Waals surface area (Å²) < 4.78 is 5.40. The van der Waals surface area contributed by atoms with Crippen LogP contribution in [0.3, 0.4) is 0 Å². The van der Waals surface area contributed by atoms with Gasteiger partial charge in [0, 0.05) is 10.6 Å². The van der Waals surface area contributed by atoms with E-state index in [0.717, 1.165) is 0 Å². The van der Waals surface area contributed by atoms with Crippen LogP contribution in [0.4, 0.5) is 0 Å². The Balaban J connectivity index is 2.33. The third kappa shape index (κ3) is 3.26. The van der Waals surface area contributed by atoms with E-state index < -0.39 is 5.91 Å². The summed E-state index contributed by atoms with van der Waals surface area (Å²) in [6.45, 7) is 0. The summed E-state index contributed by atoms with van der Waals surface area (Å²) in [7, 11) is 0. The van der Waals surface area contributed by atoms with Gasteiger partial charge in [-0.3, -0.25) is 10.1 Å². The molecule has 1 heterocycles. The Kier molecular flexibility index (Phi) is 4.09. The zero-order valence-corrected chi connectivity index (χ0v) is 11.8. The molecule has 0 atom stereocenters. The van der Waals surface area contributed by atoms with Gasteiger partial charge in [0.15, 0.2) is 10.9 Å². The molecule has 0 aliphatic rings. The maximum atomic E-state index is 11.6. The van der Waals surface area contributed by atoms with Crippen molar-refractivity contribution >= 4 is 46.4 Å². The highest BCUT2D eigenvalue weighted by molar-refractivity contribution is 7.80. The van der Waals surface area contributed by atoms with Gasteiger partial charge in [0.2, 0.25) is 0 Å². The van der Waals surface area contributed by atoms with Gasteiger partial charge in [-0.15, -0.1) is 0 Å². The Morgan fingerprint density at radius 2 is 2.00 bits per heavy atom. The maximum Gasteiger partial charge on any atom is 0.293 e. The average molecular weight is 315 g/mol. The van der Waals surface area contributed by atoms with Crippen LogP contribution in [0.15, 0.2) is 34.7 Å². The largest absolute Gasteiger partial charge is 0.451 e. The van der Waals surface area contributed by atoms with E-state index in [2.05, 4.69) is 17.5 Å². The first-order valence-electron chi connectivity index (χ1n) is 5.13. The highest BCUT2D eigenvalue weighted by atomic mass is 35.5. The summed E-state index contributed by atoms with van der Waals surface area (Å²) in [6.07, 6.45) is 0. The first-order valence-corrected chi connectivity index (χ1v) is 6.30. The van der Waals surface area contributed by atoms with Crippen molar-refractivity contribution in [1.29, 1.82) is 0 Å². The Morgan fingerprint density at radius 1 is 1.26 bits per heavy atom. The second-order valence-electron chi connectivity index (χ2n) is 3.61. The van der Waals surface area contributed by atoms with Crippen LogP contribution in [0.1, 0.15) is 10.6 Å². The van der Waals surface area contributed by atoms with Crippen molar-refractivity contribution in [3.05, 3.63) is 46.1 Å². The standard InChI is InChI=1S/C12H8Cl2N2O2S/c13-6-1-2-8(14)7(5-6)9-3-4-10(18-9)11(17)16-12(15)19/h1-5H,(H3,15,16,17,19). The van der Waals surface area contributed by atoms with Crippen LogP contribution in [-0.4, -0.2) is 11.0 Å². The summed E-state index contributed by atoms with van der Waals surface area (Å²) in [5, 5.41) is 3.14. The Morgan fingerprint density at radius 3 is 2.68 bits per heavy atom. The van der Waals surface area contributed by atoms with Crippen LogP contribution in [0, 0.1) is 0 Å². The molecule has 7 heteroatoms. The van der Waals surface area contributed by atoms with E-state index in [1.807, 2.05) is 0 Å². The zero-order chi connectivity index (χ0) is 14.0. The van der Waals surface area contributed by atoms with Crippen LogP contribution < -0.4 is 11.1 Å². The van der Waals surface area contributed by atoms with Crippen LogP contribution in [0.5, 0.6) is 0 Å². The zero-order valence-electron chi connectivity index (χ0n) is 9.44. The number of thiocarbonyl (C=S) groups is 1. The molecule has 1 amide bonds. The number of furan rings is 1. The fourth-order valence-corrected chi connectivity index (χ4v) is 1.94. The van der Waals surface area contributed by atoms with Gasteiger partial charge >= 0.3 is 0 Å². The van der Waals surface area contributed by atoms with Gasteiger partial charge < -0.3 is 10.2 Å². The molecule has 4 nitrogen and oxygen atoms in total. The molecule has 0 spiro atoms. The van der Waals surface area contributed by atoms with Crippen molar-refractivity contribution in [2.24, 2.45) is 5.73 Å². The number of carbonyl (C=O) groups excluding carboxylic acids is 1. The van der Waals surface area contributed by atoms with E-state index in [1.54, 1.807) is 24.3 Å². The van der Waals surface area contributed by atoms with Gasteiger partial charge in [-0.25, -0.2) is 0 Å². The minimum atomic E-state index is -0.517. The molecule has 2 rings (SSSR count). The van der Waals surface area contributed by atoms with Gasteiger partial charge in [-0.1, -0.05) is 23.2 Å². The SMILES string of the molecule is NC(=S)NC(=O)c1ccc(-c2cc(Cl)ccc2Cl)o1. The number of rotatable bonds is 2. The molecule has 0 bridgehead atoms. The smallest absolute Gasteiger partial charge is 0.293 e. The molecule has 0 aliphatic carbocycles. The number of amides is 1. The number of nitrogens with two attached hydrogens (primary N) is 1. The monoisotopic (exact) mass is 314 g/mol. The first-order chi connectivity index (χ1) is 8.97. The summed E-state index contributed by atoms with van der Waals surface area (Å²) in [4.78, 5) is 11.6. The summed E-state index contributed by atoms with van der Waals surface area (Å²) in [5.74, 6) is -0.00340. The number of benzene rings is 1. The number of nitrogens with one attached hydrogen (secondary N) is 1. The quantitative estimate of drug-likeness (QED) is 0.835. The summed E-state index contributed by atoms with van der Waals surface area (Å²) in [6, 6.07) is 8.08. The predicted molar refractivity (Wildman–Crippen MR) is 78.4 cm³/mol. The topological polar surface area (TPSA) is 68.3 Å². The Labute approximate surface area is 124 Å². The number of hydrogen-bond donors (Lipinski definition) is 2. The molecule has 0 saturated carbocycles. The van der Waals surface area contributed by atoms with Gasteiger partial charge in [-0.2, -0.15) is 0 Å². The molecule has 0 fully saturated rings. The molecule has 0 radical (unpaired) electrons. The highest BCUT2D eigenvalue weighted by Crippen LogP contribution is 2.31. The molecule has 0 saturated heterocycles. The minimum absolute atomic E-state index is 0.0823. The fraction of sp³-hybridized carbons (Fsp3) is 0. The molecule has 0 unspecified atom stereocenters. The van der Waals surface area contributed by atoms with Gasteiger partial charge in [0.05, 0.1) is 5.02 Å². The van der Waals surface area contributed by atoms with Crippen molar-refractivity contribution in [1.82, 2.24) is 5.32 Å². The van der Waals surface area contributed by atoms with Crippen molar-refractivity contribution in [3.63, 3.8) is 0 Å². The molecule has 2 aromatic rings. The lowest BCUT2D eigenvalue weighted by molar-refractivity contribution is 0.0951. The van der Waals surface area contributed by atoms with Crippen LogP contribution in [-0.2, 0) is 0 Å². The molecule has 19 heavy (non-hydrogen) atoms. The second-order valence-corrected chi connectivity index (χ2v) is 4.89. The van der Waals surface area contributed by atoms with Gasteiger partial charge in [-0.05, 0) is 42.5 Å². The average Bonchev–Trinajstić information content (AvgIpc) is 2.80. The van der Waals surface area contributed by atoms with E-state index in [9.17, 15) is 4.79 Å². The third-order valence-electron chi connectivity index (χ3n) is 2.26. The number of halogens is 2. The van der Waals surface area contributed by atoms with Crippen LogP contribution in [0.2, 0.25) is 10.0 Å². The van der Waals surface area contributed by atoms with Crippen LogP contribution >= 0.6 is 35.4 Å². The van der Waals surface area contributed by atoms with Crippen molar-refractivity contribution in [2.45, 2.75) is 0 Å². The van der Waals surface area contributed by atoms with Crippen LogP contribution in [0.25, 0.3) is 11.3 Å². The maximum absolute atomic E-state index is 11.6. The van der Waals surface area contributed by atoms with E-state index in [1.165, 1.54) is 6.07 Å². The lowest BCUT2D eigenvalue weighted by Gasteiger charge is -2.02. The Hall–Kier alpha value is -1.56. The Bertz CT molecular complexity index is 655. The van der Waals surface area contributed by atoms with E-state index in [0.29, 0.717) is 21.4 Å². The lowest BCUT2D eigenvalue weighted by Crippen LogP contribution is -2.34. The summed E-state index contributed by atoms with van der Waals surface area (Å²) in [5.41, 5.74) is 5.81. The van der Waals surface area contributed by atoms with E-state index in [4.69, 9.17) is 33.4 Å². The highest BCUT2D eigenvalue weighted by Gasteiger charge is 2.14. The first kappa shape index (κ1) is 13.9. The van der Waals surface area contributed by atoms with Crippen molar-refractivity contribution in [3.8, 4) is 11.3 Å².